The number of rotatable bonds is 9. The van der Waals surface area contributed by atoms with Crippen molar-refractivity contribution in [2.24, 2.45) is 0 Å². The highest BCUT2D eigenvalue weighted by atomic mass is 79.9. The lowest BCUT2D eigenvalue weighted by molar-refractivity contribution is -0.137. The normalized spacial score (nSPS) is 10.5. The molecule has 2 N–H and O–H groups in total. The van der Waals surface area contributed by atoms with Crippen molar-refractivity contribution in [1.29, 1.82) is 0 Å². The van der Waals surface area contributed by atoms with Gasteiger partial charge in [-0.1, -0.05) is 28.8 Å². The molecule has 0 radical (unpaired) electrons. The average molecular weight is 394 g/mol. The average Bonchev–Trinajstić information content (AvgIpc) is 3.04. The van der Waals surface area contributed by atoms with Crippen molar-refractivity contribution in [1.82, 2.24) is 14.9 Å². The molecule has 0 saturated heterocycles. The van der Waals surface area contributed by atoms with E-state index in [1.54, 1.807) is 17.1 Å². The van der Waals surface area contributed by atoms with Crippen LogP contribution in [0.1, 0.15) is 42.6 Å². The Kier molecular flexibility index (Phi) is 6.99. The van der Waals surface area contributed by atoms with Gasteiger partial charge in [0, 0.05) is 29.3 Å². The van der Waals surface area contributed by atoms with E-state index >= 15 is 0 Å². The number of carboxylic acid groups (broad SMARTS) is 1. The van der Waals surface area contributed by atoms with Crippen molar-refractivity contribution < 1.29 is 14.7 Å². The number of carbonyl (C=O) groups excluding carboxylic acids is 1. The van der Waals surface area contributed by atoms with Crippen LogP contribution in [-0.2, 0) is 4.79 Å². The number of nitrogens with one attached hydrogen (secondary N) is 1. The van der Waals surface area contributed by atoms with Gasteiger partial charge in [0.15, 0.2) is 0 Å². The largest absolute Gasteiger partial charge is 0.481 e. The number of amides is 1. The van der Waals surface area contributed by atoms with E-state index in [-0.39, 0.29) is 12.3 Å². The molecule has 0 saturated carbocycles. The number of halogens is 1. The molecule has 0 spiro atoms. The highest BCUT2D eigenvalue weighted by Crippen LogP contribution is 2.14. The summed E-state index contributed by atoms with van der Waals surface area (Å²) in [7, 11) is 0. The van der Waals surface area contributed by atoms with Crippen molar-refractivity contribution in [3.05, 3.63) is 47.0 Å². The third-order valence-electron chi connectivity index (χ3n) is 3.54. The molecule has 2 aromatic rings. The molecule has 0 aliphatic heterocycles. The number of hydrogen-bond donors (Lipinski definition) is 2. The van der Waals surface area contributed by atoms with Crippen molar-refractivity contribution in [2.75, 3.05) is 6.54 Å². The molecule has 1 heterocycles. The molecular weight excluding hydrogens is 374 g/mol. The van der Waals surface area contributed by atoms with Crippen LogP contribution in [0.3, 0.4) is 0 Å². The Balaban J connectivity index is 1.73. The van der Waals surface area contributed by atoms with Crippen LogP contribution in [0.2, 0.25) is 0 Å². The Hall–Kier alpha value is -2.15. The minimum absolute atomic E-state index is 0.198. The Morgan fingerprint density at radius 1 is 1.12 bits per heavy atom. The van der Waals surface area contributed by atoms with Crippen molar-refractivity contribution >= 4 is 27.8 Å². The molecule has 1 aromatic carbocycles. The zero-order valence-corrected chi connectivity index (χ0v) is 14.8. The van der Waals surface area contributed by atoms with Gasteiger partial charge in [-0.2, -0.15) is 0 Å². The number of imidazole rings is 1. The number of unbranched alkanes of at least 4 members (excludes halogenated alkanes) is 3. The summed E-state index contributed by atoms with van der Waals surface area (Å²) >= 11 is 3.39. The fourth-order valence-electron chi connectivity index (χ4n) is 2.24. The minimum atomic E-state index is -0.760. The van der Waals surface area contributed by atoms with Crippen LogP contribution in [0, 0.1) is 0 Å². The van der Waals surface area contributed by atoms with E-state index < -0.39 is 5.97 Å². The van der Waals surface area contributed by atoms with Gasteiger partial charge in [0.25, 0.3) is 5.91 Å². The number of aromatic nitrogens is 2. The number of benzene rings is 1. The standard InChI is InChI=1S/C17H20BrN3O3/c18-13-6-8-14(9-7-13)21-11-15(20-12-21)17(24)19-10-4-2-1-3-5-16(22)23/h6-9,11-12H,1-5,10H2,(H,19,24)(H,22,23). The Labute approximate surface area is 149 Å². The predicted molar refractivity (Wildman–Crippen MR) is 94.3 cm³/mol. The zero-order chi connectivity index (χ0) is 17.4. The van der Waals surface area contributed by atoms with E-state index in [9.17, 15) is 9.59 Å². The molecule has 0 aliphatic rings. The summed E-state index contributed by atoms with van der Waals surface area (Å²) in [6, 6.07) is 7.73. The fourth-order valence-corrected chi connectivity index (χ4v) is 2.51. The van der Waals surface area contributed by atoms with Crippen LogP contribution >= 0.6 is 15.9 Å². The first-order valence-electron chi connectivity index (χ1n) is 7.86. The van der Waals surface area contributed by atoms with E-state index in [1.165, 1.54) is 0 Å². The number of carboxylic acids is 1. The quantitative estimate of drug-likeness (QED) is 0.639. The first-order valence-corrected chi connectivity index (χ1v) is 8.65. The summed E-state index contributed by atoms with van der Waals surface area (Å²) in [6.07, 6.45) is 6.80. The lowest BCUT2D eigenvalue weighted by Gasteiger charge is -2.03. The maximum Gasteiger partial charge on any atom is 0.303 e. The summed E-state index contributed by atoms with van der Waals surface area (Å²) in [6.45, 7) is 0.567. The van der Waals surface area contributed by atoms with Crippen molar-refractivity contribution in [3.8, 4) is 5.69 Å². The maximum atomic E-state index is 12.0. The molecule has 0 bridgehead atoms. The Morgan fingerprint density at radius 2 is 1.83 bits per heavy atom. The second kappa shape index (κ2) is 9.22. The molecule has 0 aliphatic carbocycles. The highest BCUT2D eigenvalue weighted by Gasteiger charge is 2.09. The molecule has 6 nitrogen and oxygen atoms in total. The Morgan fingerprint density at radius 3 is 2.54 bits per heavy atom. The molecule has 1 aromatic heterocycles. The summed E-state index contributed by atoms with van der Waals surface area (Å²) in [5.74, 6) is -0.957. The second-order valence-electron chi connectivity index (χ2n) is 5.46. The monoisotopic (exact) mass is 393 g/mol. The van der Waals surface area contributed by atoms with Crippen LogP contribution in [0.5, 0.6) is 0 Å². The van der Waals surface area contributed by atoms with Gasteiger partial charge in [0.1, 0.15) is 12.0 Å². The molecule has 0 atom stereocenters. The second-order valence-corrected chi connectivity index (χ2v) is 6.37. The highest BCUT2D eigenvalue weighted by molar-refractivity contribution is 9.10. The van der Waals surface area contributed by atoms with Gasteiger partial charge >= 0.3 is 5.97 Å². The molecule has 7 heteroatoms. The third-order valence-corrected chi connectivity index (χ3v) is 4.07. The molecule has 128 valence electrons. The molecule has 1 amide bonds. The van der Waals surface area contributed by atoms with Gasteiger partial charge in [-0.25, -0.2) is 4.98 Å². The van der Waals surface area contributed by atoms with Crippen LogP contribution in [0.15, 0.2) is 41.3 Å². The fraction of sp³-hybridized carbons (Fsp3) is 0.353. The minimum Gasteiger partial charge on any atom is -0.481 e. The first-order chi connectivity index (χ1) is 11.6. The van der Waals surface area contributed by atoms with E-state index in [0.717, 1.165) is 29.4 Å². The lowest BCUT2D eigenvalue weighted by atomic mass is 10.1. The summed E-state index contributed by atoms with van der Waals surface area (Å²) < 4.78 is 2.79. The van der Waals surface area contributed by atoms with Crippen LogP contribution in [0.25, 0.3) is 5.69 Å². The predicted octanol–water partition coefficient (Wildman–Crippen LogP) is 3.40. The van der Waals surface area contributed by atoms with Gasteiger partial charge in [-0.3, -0.25) is 9.59 Å². The molecule has 24 heavy (non-hydrogen) atoms. The number of nitrogens with zero attached hydrogens (tertiary/aromatic N) is 2. The van der Waals surface area contributed by atoms with E-state index in [1.807, 2.05) is 24.3 Å². The number of carbonyl (C=O) groups is 2. The van der Waals surface area contributed by atoms with Gasteiger partial charge in [0.05, 0.1) is 0 Å². The molecular formula is C17H20BrN3O3. The summed E-state index contributed by atoms with van der Waals surface area (Å²) in [5.41, 5.74) is 1.31. The smallest absolute Gasteiger partial charge is 0.303 e. The van der Waals surface area contributed by atoms with E-state index in [2.05, 4.69) is 26.2 Å². The Bertz CT molecular complexity index is 683. The van der Waals surface area contributed by atoms with Crippen LogP contribution < -0.4 is 5.32 Å². The first kappa shape index (κ1) is 18.2. The van der Waals surface area contributed by atoms with Crippen LogP contribution in [0.4, 0.5) is 0 Å². The molecule has 0 fully saturated rings. The summed E-state index contributed by atoms with van der Waals surface area (Å²) in [5, 5.41) is 11.4. The SMILES string of the molecule is O=C(O)CCCCCCNC(=O)c1cn(-c2ccc(Br)cc2)cn1. The molecule has 0 unspecified atom stereocenters. The number of hydrogen-bond acceptors (Lipinski definition) is 3. The van der Waals surface area contributed by atoms with Crippen molar-refractivity contribution in [3.63, 3.8) is 0 Å². The van der Waals surface area contributed by atoms with Gasteiger partial charge in [-0.05, 0) is 37.1 Å². The lowest BCUT2D eigenvalue weighted by Crippen LogP contribution is -2.24. The molecule has 2 rings (SSSR count). The zero-order valence-electron chi connectivity index (χ0n) is 13.2. The number of aliphatic carboxylic acids is 1. The van der Waals surface area contributed by atoms with Crippen LogP contribution in [-0.4, -0.2) is 33.1 Å². The van der Waals surface area contributed by atoms with Gasteiger partial charge < -0.3 is 15.0 Å². The summed E-state index contributed by atoms with van der Waals surface area (Å²) in [4.78, 5) is 26.6. The maximum absolute atomic E-state index is 12.0. The topological polar surface area (TPSA) is 84.2 Å². The van der Waals surface area contributed by atoms with Gasteiger partial charge in [0.2, 0.25) is 0 Å². The van der Waals surface area contributed by atoms with Crippen molar-refractivity contribution in [2.45, 2.75) is 32.1 Å². The van der Waals surface area contributed by atoms with E-state index in [0.29, 0.717) is 18.7 Å². The van der Waals surface area contributed by atoms with E-state index in [4.69, 9.17) is 5.11 Å². The third kappa shape index (κ3) is 5.81. The van der Waals surface area contributed by atoms with Gasteiger partial charge in [-0.15, -0.1) is 0 Å².